The van der Waals surface area contributed by atoms with E-state index in [1.807, 2.05) is 18.2 Å². The van der Waals surface area contributed by atoms with E-state index in [-0.39, 0.29) is 23.5 Å². The van der Waals surface area contributed by atoms with Gasteiger partial charge < -0.3 is 10.1 Å². The lowest BCUT2D eigenvalue weighted by Gasteiger charge is -2.09. The molecule has 1 amide bonds. The molecule has 1 N–H and O–H groups in total. The average molecular weight is 367 g/mol. The molecule has 0 bridgehead atoms. The van der Waals surface area contributed by atoms with Crippen LogP contribution >= 0.6 is 11.6 Å². The molecule has 2 aromatic carbocycles. The molecule has 3 rings (SSSR count). The van der Waals surface area contributed by atoms with E-state index < -0.39 is 0 Å². The van der Waals surface area contributed by atoms with E-state index >= 15 is 0 Å². The summed E-state index contributed by atoms with van der Waals surface area (Å²) in [6.45, 7) is -0.183. The monoisotopic (exact) mass is 366 g/mol. The van der Waals surface area contributed by atoms with Gasteiger partial charge in [-0.3, -0.25) is 9.59 Å². The van der Waals surface area contributed by atoms with Gasteiger partial charge in [-0.1, -0.05) is 41.9 Å². The SMILES string of the molecule is O=C(COc1ccc(C(=O)c2ccccc2)cc1)Nc1cccnc1Cl. The molecule has 0 unspecified atom stereocenters. The van der Waals surface area contributed by atoms with Crippen LogP contribution in [-0.2, 0) is 4.79 Å². The second-order valence-corrected chi connectivity index (χ2v) is 5.76. The van der Waals surface area contributed by atoms with Gasteiger partial charge in [0.1, 0.15) is 5.75 Å². The predicted molar refractivity (Wildman–Crippen MR) is 99.7 cm³/mol. The first-order chi connectivity index (χ1) is 12.6. The van der Waals surface area contributed by atoms with E-state index in [0.29, 0.717) is 22.6 Å². The van der Waals surface area contributed by atoms with E-state index in [4.69, 9.17) is 16.3 Å². The van der Waals surface area contributed by atoms with Gasteiger partial charge in [0, 0.05) is 17.3 Å². The van der Waals surface area contributed by atoms with Gasteiger partial charge in [0.25, 0.3) is 5.91 Å². The topological polar surface area (TPSA) is 68.3 Å². The minimum Gasteiger partial charge on any atom is -0.484 e. The highest BCUT2D eigenvalue weighted by atomic mass is 35.5. The van der Waals surface area contributed by atoms with Crippen molar-refractivity contribution in [2.75, 3.05) is 11.9 Å². The highest BCUT2D eigenvalue weighted by Gasteiger charge is 2.10. The van der Waals surface area contributed by atoms with Crippen molar-refractivity contribution in [1.29, 1.82) is 0 Å². The van der Waals surface area contributed by atoms with Crippen LogP contribution in [0.2, 0.25) is 5.15 Å². The third-order valence-corrected chi connectivity index (χ3v) is 3.86. The van der Waals surface area contributed by atoms with Crippen LogP contribution in [0.15, 0.2) is 72.9 Å². The van der Waals surface area contributed by atoms with E-state index in [9.17, 15) is 9.59 Å². The van der Waals surface area contributed by atoms with Crippen molar-refractivity contribution < 1.29 is 14.3 Å². The van der Waals surface area contributed by atoms with E-state index in [1.165, 1.54) is 6.20 Å². The number of halogens is 1. The van der Waals surface area contributed by atoms with Crippen LogP contribution in [0.5, 0.6) is 5.75 Å². The molecule has 0 aliphatic heterocycles. The molecular weight excluding hydrogens is 352 g/mol. The normalized spacial score (nSPS) is 10.2. The number of aromatic nitrogens is 1. The molecule has 26 heavy (non-hydrogen) atoms. The number of carbonyl (C=O) groups is 2. The van der Waals surface area contributed by atoms with Crippen molar-refractivity contribution in [2.24, 2.45) is 0 Å². The summed E-state index contributed by atoms with van der Waals surface area (Å²) in [7, 11) is 0. The van der Waals surface area contributed by atoms with E-state index in [2.05, 4.69) is 10.3 Å². The molecule has 0 aliphatic carbocycles. The first-order valence-electron chi connectivity index (χ1n) is 7.86. The number of ether oxygens (including phenoxy) is 1. The molecule has 0 radical (unpaired) electrons. The van der Waals surface area contributed by atoms with Crippen LogP contribution < -0.4 is 10.1 Å². The maximum absolute atomic E-state index is 12.3. The Morgan fingerprint density at radius 3 is 2.31 bits per heavy atom. The molecule has 3 aromatic rings. The first kappa shape index (κ1) is 17.6. The number of anilines is 1. The molecule has 0 spiro atoms. The molecule has 0 fully saturated rings. The number of nitrogens with zero attached hydrogens (tertiary/aromatic N) is 1. The predicted octanol–water partition coefficient (Wildman–Crippen LogP) is 3.98. The fraction of sp³-hybridized carbons (Fsp3) is 0.0500. The fourth-order valence-electron chi connectivity index (χ4n) is 2.27. The smallest absolute Gasteiger partial charge is 0.262 e. The van der Waals surface area contributed by atoms with Gasteiger partial charge in [-0.05, 0) is 36.4 Å². The fourth-order valence-corrected chi connectivity index (χ4v) is 2.44. The Hall–Kier alpha value is -3.18. The number of amides is 1. The number of benzene rings is 2. The second kappa shape index (κ2) is 8.27. The third kappa shape index (κ3) is 4.46. The molecule has 1 aromatic heterocycles. The van der Waals surface area contributed by atoms with Crippen molar-refractivity contribution >= 4 is 29.0 Å². The molecular formula is C20H15ClN2O3. The van der Waals surface area contributed by atoms with Gasteiger partial charge in [-0.2, -0.15) is 0 Å². The van der Waals surface area contributed by atoms with Gasteiger partial charge in [0.05, 0.1) is 5.69 Å². The van der Waals surface area contributed by atoms with Crippen LogP contribution in [0.1, 0.15) is 15.9 Å². The molecule has 130 valence electrons. The lowest BCUT2D eigenvalue weighted by atomic mass is 10.0. The molecule has 0 aliphatic rings. The van der Waals surface area contributed by atoms with E-state index in [0.717, 1.165) is 0 Å². The lowest BCUT2D eigenvalue weighted by Crippen LogP contribution is -2.20. The number of carbonyl (C=O) groups excluding carboxylic acids is 2. The third-order valence-electron chi connectivity index (χ3n) is 3.56. The first-order valence-corrected chi connectivity index (χ1v) is 8.24. The van der Waals surface area contributed by atoms with Gasteiger partial charge in [-0.15, -0.1) is 0 Å². The van der Waals surface area contributed by atoms with Crippen LogP contribution in [0.25, 0.3) is 0 Å². The van der Waals surface area contributed by atoms with E-state index in [1.54, 1.807) is 48.5 Å². The van der Waals surface area contributed by atoms with Crippen LogP contribution in [0.3, 0.4) is 0 Å². The Morgan fingerprint density at radius 1 is 0.923 bits per heavy atom. The summed E-state index contributed by atoms with van der Waals surface area (Å²) in [6, 6.07) is 19.0. The van der Waals surface area contributed by atoms with Crippen molar-refractivity contribution in [3.05, 3.63) is 89.2 Å². The van der Waals surface area contributed by atoms with Crippen LogP contribution in [-0.4, -0.2) is 23.3 Å². The molecule has 0 saturated heterocycles. The number of rotatable bonds is 6. The molecule has 0 atom stereocenters. The zero-order valence-electron chi connectivity index (χ0n) is 13.7. The van der Waals surface area contributed by atoms with Crippen LogP contribution in [0, 0.1) is 0 Å². The zero-order valence-corrected chi connectivity index (χ0v) is 14.4. The van der Waals surface area contributed by atoms with Crippen molar-refractivity contribution in [3.8, 4) is 5.75 Å². The number of pyridine rings is 1. The summed E-state index contributed by atoms with van der Waals surface area (Å²) < 4.78 is 5.43. The zero-order chi connectivity index (χ0) is 18.4. The summed E-state index contributed by atoms with van der Waals surface area (Å²) in [6.07, 6.45) is 1.53. The van der Waals surface area contributed by atoms with Gasteiger partial charge in [0.15, 0.2) is 17.5 Å². The number of hydrogen-bond donors (Lipinski definition) is 1. The minimum atomic E-state index is -0.357. The summed E-state index contributed by atoms with van der Waals surface area (Å²) in [4.78, 5) is 28.1. The van der Waals surface area contributed by atoms with Gasteiger partial charge >= 0.3 is 0 Å². The van der Waals surface area contributed by atoms with Gasteiger partial charge in [-0.25, -0.2) is 4.98 Å². The van der Waals surface area contributed by atoms with Gasteiger partial charge in [0.2, 0.25) is 0 Å². The average Bonchev–Trinajstić information content (AvgIpc) is 2.69. The van der Waals surface area contributed by atoms with Crippen molar-refractivity contribution in [1.82, 2.24) is 4.98 Å². The quantitative estimate of drug-likeness (QED) is 0.529. The Balaban J connectivity index is 1.57. The maximum atomic E-state index is 12.3. The Kier molecular flexibility index (Phi) is 5.61. The highest BCUT2D eigenvalue weighted by molar-refractivity contribution is 6.32. The molecule has 6 heteroatoms. The van der Waals surface area contributed by atoms with Crippen LogP contribution in [0.4, 0.5) is 5.69 Å². The Morgan fingerprint density at radius 2 is 1.62 bits per heavy atom. The van der Waals surface area contributed by atoms with Crippen molar-refractivity contribution in [3.63, 3.8) is 0 Å². The lowest BCUT2D eigenvalue weighted by molar-refractivity contribution is -0.118. The number of hydrogen-bond acceptors (Lipinski definition) is 4. The largest absolute Gasteiger partial charge is 0.484 e. The van der Waals surface area contributed by atoms with Crippen molar-refractivity contribution in [2.45, 2.75) is 0 Å². The molecule has 0 saturated carbocycles. The summed E-state index contributed by atoms with van der Waals surface area (Å²) >= 11 is 5.88. The Bertz CT molecular complexity index is 912. The Labute approximate surface area is 155 Å². The summed E-state index contributed by atoms with van der Waals surface area (Å²) in [5.41, 5.74) is 1.59. The maximum Gasteiger partial charge on any atom is 0.262 e. The summed E-state index contributed by atoms with van der Waals surface area (Å²) in [5, 5.41) is 2.83. The molecule has 1 heterocycles. The molecule has 5 nitrogen and oxygen atoms in total. The standard InChI is InChI=1S/C20H15ClN2O3/c21-20-17(7-4-12-22-20)23-18(24)13-26-16-10-8-15(9-11-16)19(25)14-5-2-1-3-6-14/h1-12H,13H2,(H,23,24). The highest BCUT2D eigenvalue weighted by Crippen LogP contribution is 2.18. The number of ketones is 1. The second-order valence-electron chi connectivity index (χ2n) is 5.40. The summed E-state index contributed by atoms with van der Waals surface area (Å²) in [5.74, 6) is 0.0625. The number of nitrogens with one attached hydrogen (secondary N) is 1. The minimum absolute atomic E-state index is 0.0684.